The molecule has 0 radical (unpaired) electrons. The Morgan fingerprint density at radius 3 is 2.57 bits per heavy atom. The molecule has 1 unspecified atom stereocenters. The lowest BCUT2D eigenvalue weighted by Crippen LogP contribution is -2.49. The van der Waals surface area contributed by atoms with Gasteiger partial charge in [-0.15, -0.1) is 0 Å². The molecule has 1 aliphatic rings. The van der Waals surface area contributed by atoms with Crippen molar-refractivity contribution in [2.45, 2.75) is 26.3 Å². The van der Waals surface area contributed by atoms with E-state index in [1.54, 1.807) is 0 Å². The topological polar surface area (TPSA) is 32.8 Å². The van der Waals surface area contributed by atoms with Crippen molar-refractivity contribution in [3.63, 3.8) is 0 Å². The number of morpholine rings is 1. The standard InChI is InChI=1S/C10H20N2O2/c1-4-9(2)11(3)10(13)12-5-7-14-8-6-12/h9H,4-8H2,1-3H3. The fraction of sp³-hybridized carbons (Fsp3) is 0.900. The van der Waals surface area contributed by atoms with Crippen molar-refractivity contribution in [1.29, 1.82) is 0 Å². The molecule has 2 amide bonds. The molecule has 1 rings (SSSR count). The van der Waals surface area contributed by atoms with Crippen LogP contribution in [0.3, 0.4) is 0 Å². The molecular formula is C10H20N2O2. The van der Waals surface area contributed by atoms with Gasteiger partial charge in [0, 0.05) is 26.2 Å². The zero-order valence-corrected chi connectivity index (χ0v) is 9.32. The van der Waals surface area contributed by atoms with Crippen LogP contribution in [0.2, 0.25) is 0 Å². The van der Waals surface area contributed by atoms with Crippen LogP contribution in [-0.2, 0) is 4.74 Å². The van der Waals surface area contributed by atoms with Gasteiger partial charge in [-0.05, 0) is 13.3 Å². The molecule has 0 aliphatic carbocycles. The maximum atomic E-state index is 11.9. The second kappa shape index (κ2) is 5.20. The zero-order valence-electron chi connectivity index (χ0n) is 9.32. The number of rotatable bonds is 2. The van der Waals surface area contributed by atoms with E-state index < -0.39 is 0 Å². The van der Waals surface area contributed by atoms with Gasteiger partial charge in [-0.25, -0.2) is 4.79 Å². The van der Waals surface area contributed by atoms with E-state index in [-0.39, 0.29) is 6.03 Å². The Balaban J connectivity index is 2.46. The predicted molar refractivity (Wildman–Crippen MR) is 55.3 cm³/mol. The maximum Gasteiger partial charge on any atom is 0.320 e. The fourth-order valence-corrected chi connectivity index (χ4v) is 1.44. The number of carbonyl (C=O) groups is 1. The first kappa shape index (κ1) is 11.3. The number of nitrogens with zero attached hydrogens (tertiary/aromatic N) is 2. The van der Waals surface area contributed by atoms with E-state index in [0.29, 0.717) is 19.3 Å². The van der Waals surface area contributed by atoms with Crippen LogP contribution in [0.25, 0.3) is 0 Å². The number of hydrogen-bond acceptors (Lipinski definition) is 2. The van der Waals surface area contributed by atoms with Crippen LogP contribution in [0.5, 0.6) is 0 Å². The second-order valence-corrected chi connectivity index (χ2v) is 3.75. The Morgan fingerprint density at radius 2 is 2.07 bits per heavy atom. The van der Waals surface area contributed by atoms with Gasteiger partial charge < -0.3 is 14.5 Å². The van der Waals surface area contributed by atoms with Crippen LogP contribution < -0.4 is 0 Å². The van der Waals surface area contributed by atoms with E-state index in [1.165, 1.54) is 0 Å². The van der Waals surface area contributed by atoms with Gasteiger partial charge in [-0.2, -0.15) is 0 Å². The molecule has 0 aromatic carbocycles. The van der Waals surface area contributed by atoms with Crippen molar-refractivity contribution >= 4 is 6.03 Å². The summed E-state index contributed by atoms with van der Waals surface area (Å²) in [5.74, 6) is 0. The lowest BCUT2D eigenvalue weighted by Gasteiger charge is -2.33. The Morgan fingerprint density at radius 1 is 1.50 bits per heavy atom. The molecule has 14 heavy (non-hydrogen) atoms. The highest BCUT2D eigenvalue weighted by Crippen LogP contribution is 2.06. The highest BCUT2D eigenvalue weighted by Gasteiger charge is 2.22. The van der Waals surface area contributed by atoms with E-state index in [1.807, 2.05) is 16.8 Å². The summed E-state index contributed by atoms with van der Waals surface area (Å²) in [5.41, 5.74) is 0. The first-order chi connectivity index (χ1) is 6.66. The van der Waals surface area contributed by atoms with Crippen molar-refractivity contribution < 1.29 is 9.53 Å². The van der Waals surface area contributed by atoms with Crippen LogP contribution in [0.1, 0.15) is 20.3 Å². The van der Waals surface area contributed by atoms with Crippen molar-refractivity contribution in [2.75, 3.05) is 33.4 Å². The van der Waals surface area contributed by atoms with Gasteiger partial charge in [0.15, 0.2) is 0 Å². The molecule has 0 saturated carbocycles. The van der Waals surface area contributed by atoms with Crippen LogP contribution in [-0.4, -0.2) is 55.2 Å². The summed E-state index contributed by atoms with van der Waals surface area (Å²) in [5, 5.41) is 0. The van der Waals surface area contributed by atoms with Gasteiger partial charge in [0.25, 0.3) is 0 Å². The van der Waals surface area contributed by atoms with Gasteiger partial charge in [0.05, 0.1) is 13.2 Å². The summed E-state index contributed by atoms with van der Waals surface area (Å²) in [4.78, 5) is 15.6. The monoisotopic (exact) mass is 200 g/mol. The molecule has 4 heteroatoms. The van der Waals surface area contributed by atoms with Crippen molar-refractivity contribution in [3.8, 4) is 0 Å². The quantitative estimate of drug-likeness (QED) is 0.670. The summed E-state index contributed by atoms with van der Waals surface area (Å²) in [6, 6.07) is 0.438. The summed E-state index contributed by atoms with van der Waals surface area (Å²) in [6.45, 7) is 6.94. The summed E-state index contributed by atoms with van der Waals surface area (Å²) >= 11 is 0. The third-order valence-electron chi connectivity index (χ3n) is 2.84. The largest absolute Gasteiger partial charge is 0.378 e. The number of urea groups is 1. The molecule has 0 bridgehead atoms. The van der Waals surface area contributed by atoms with E-state index >= 15 is 0 Å². The Labute approximate surface area is 85.8 Å². The van der Waals surface area contributed by atoms with Gasteiger partial charge >= 0.3 is 6.03 Å². The Bertz CT molecular complexity index is 187. The third-order valence-corrected chi connectivity index (χ3v) is 2.84. The highest BCUT2D eigenvalue weighted by molar-refractivity contribution is 5.74. The average molecular weight is 200 g/mol. The summed E-state index contributed by atoms with van der Waals surface area (Å²) < 4.78 is 5.20. The Kier molecular flexibility index (Phi) is 4.20. The van der Waals surface area contributed by atoms with E-state index in [0.717, 1.165) is 19.5 Å². The van der Waals surface area contributed by atoms with E-state index in [2.05, 4.69) is 13.8 Å². The minimum Gasteiger partial charge on any atom is -0.378 e. The molecule has 1 saturated heterocycles. The minimum absolute atomic E-state index is 0.127. The Hall–Kier alpha value is -0.770. The highest BCUT2D eigenvalue weighted by atomic mass is 16.5. The fourth-order valence-electron chi connectivity index (χ4n) is 1.44. The van der Waals surface area contributed by atoms with Gasteiger partial charge in [0.2, 0.25) is 0 Å². The normalized spacial score (nSPS) is 19.2. The molecule has 4 nitrogen and oxygen atoms in total. The van der Waals surface area contributed by atoms with Crippen LogP contribution in [0.4, 0.5) is 4.79 Å². The minimum atomic E-state index is 0.127. The first-order valence-electron chi connectivity index (χ1n) is 5.26. The molecule has 1 aliphatic heterocycles. The molecule has 1 heterocycles. The van der Waals surface area contributed by atoms with Crippen molar-refractivity contribution in [3.05, 3.63) is 0 Å². The molecule has 0 aromatic heterocycles. The number of hydrogen-bond donors (Lipinski definition) is 0. The van der Waals surface area contributed by atoms with Gasteiger partial charge in [-0.3, -0.25) is 0 Å². The number of carbonyl (C=O) groups excluding carboxylic acids is 1. The molecule has 1 fully saturated rings. The van der Waals surface area contributed by atoms with Crippen LogP contribution in [0.15, 0.2) is 0 Å². The predicted octanol–water partition coefficient (Wildman–Crippen LogP) is 1.17. The van der Waals surface area contributed by atoms with Crippen LogP contribution in [0, 0.1) is 0 Å². The van der Waals surface area contributed by atoms with Crippen molar-refractivity contribution in [1.82, 2.24) is 9.80 Å². The maximum absolute atomic E-state index is 11.9. The number of amides is 2. The molecular weight excluding hydrogens is 180 g/mol. The van der Waals surface area contributed by atoms with Gasteiger partial charge in [-0.1, -0.05) is 6.92 Å². The zero-order chi connectivity index (χ0) is 10.6. The molecule has 0 N–H and O–H groups in total. The SMILES string of the molecule is CCC(C)N(C)C(=O)N1CCOCC1. The molecule has 0 spiro atoms. The average Bonchev–Trinajstić information content (AvgIpc) is 2.27. The molecule has 82 valence electrons. The summed E-state index contributed by atoms with van der Waals surface area (Å²) in [7, 11) is 1.87. The van der Waals surface area contributed by atoms with Crippen molar-refractivity contribution in [2.24, 2.45) is 0 Å². The van der Waals surface area contributed by atoms with Crippen LogP contribution >= 0.6 is 0 Å². The molecule has 1 atom stereocenters. The smallest absolute Gasteiger partial charge is 0.320 e. The summed E-state index contributed by atoms with van der Waals surface area (Å²) in [6.07, 6.45) is 0.993. The van der Waals surface area contributed by atoms with Gasteiger partial charge in [0.1, 0.15) is 0 Å². The van der Waals surface area contributed by atoms with E-state index in [9.17, 15) is 4.79 Å². The van der Waals surface area contributed by atoms with E-state index in [4.69, 9.17) is 4.74 Å². The lowest BCUT2D eigenvalue weighted by atomic mass is 10.2. The molecule has 0 aromatic rings. The first-order valence-corrected chi connectivity index (χ1v) is 5.26. The second-order valence-electron chi connectivity index (χ2n) is 3.75. The third kappa shape index (κ3) is 2.61. The number of ether oxygens (including phenoxy) is 1. The lowest BCUT2D eigenvalue weighted by molar-refractivity contribution is 0.0425.